The Kier molecular flexibility index (Phi) is 9.89. The third-order valence-electron chi connectivity index (χ3n) is 4.84. The van der Waals surface area contributed by atoms with Gasteiger partial charge in [0.25, 0.3) is 0 Å². The molecule has 0 aromatic carbocycles. The minimum absolute atomic E-state index is 0.684. The molecular weight excluding hydrogens is 697 g/mol. The first-order valence-corrected chi connectivity index (χ1v) is 11.8. The summed E-state index contributed by atoms with van der Waals surface area (Å²) in [6.45, 7) is 0. The standard InChI is InChI=1S/C9H15N3.C7H13I2N.Pt/c1-12-7-10-9(11-12)8-5-3-2-4-6-8;8-10(9)7-5-3-1-2-4-6-7;/h8H,2-6H2,1H3,(H,10,11);7H,1-6H2;. The van der Waals surface area contributed by atoms with Crippen molar-refractivity contribution in [3.63, 3.8) is 0 Å². The van der Waals surface area contributed by atoms with Gasteiger partial charge in [-0.1, -0.05) is 25.7 Å². The average Bonchev–Trinajstić information content (AvgIpc) is 2.77. The number of nitrogens with zero attached hydrogens (tertiary/aromatic N) is 3. The summed E-state index contributed by atoms with van der Waals surface area (Å²) in [6.07, 6.45) is 15.4. The van der Waals surface area contributed by atoms with Gasteiger partial charge in [-0.3, -0.25) is 0 Å². The van der Waals surface area contributed by atoms with Crippen LogP contribution in [0.15, 0.2) is 0 Å². The van der Waals surface area contributed by atoms with E-state index in [1.54, 1.807) is 0 Å². The molecule has 3 rings (SSSR count). The fraction of sp³-hybridized carbons (Fsp3) is 0.875. The van der Waals surface area contributed by atoms with Crippen molar-refractivity contribution in [1.82, 2.24) is 16.1 Å². The molecule has 0 atom stereocenters. The molecule has 1 aromatic heterocycles. The molecule has 0 spiro atoms. The molecule has 4 nitrogen and oxygen atoms in total. The second kappa shape index (κ2) is 11.1. The number of halogens is 2. The van der Waals surface area contributed by atoms with Crippen molar-refractivity contribution in [2.45, 2.75) is 82.6 Å². The van der Waals surface area contributed by atoms with Gasteiger partial charge < -0.3 is 0 Å². The summed E-state index contributed by atoms with van der Waals surface area (Å²) in [5.74, 6) is 1.87. The van der Waals surface area contributed by atoms with Crippen LogP contribution in [0, 0.1) is 3.80 Å². The minimum Gasteiger partial charge on any atom is -0.185 e. The average molecular weight is 725 g/mol. The molecule has 0 amide bonds. The topological polar surface area (TPSA) is 36.9 Å². The van der Waals surface area contributed by atoms with Crippen LogP contribution in [0.3, 0.4) is 0 Å². The predicted octanol–water partition coefficient (Wildman–Crippen LogP) is 5.59. The van der Waals surface area contributed by atoms with Gasteiger partial charge in [-0.25, -0.2) is 0 Å². The van der Waals surface area contributed by atoms with Gasteiger partial charge in [0.2, 0.25) is 0 Å². The number of nitrogens with one attached hydrogen (secondary N) is 1. The molecule has 0 bridgehead atoms. The third kappa shape index (κ3) is 7.17. The molecule has 23 heavy (non-hydrogen) atoms. The van der Waals surface area contributed by atoms with Crippen LogP contribution in [0.5, 0.6) is 0 Å². The van der Waals surface area contributed by atoms with Gasteiger partial charge in [0.15, 0.2) is 0 Å². The van der Waals surface area contributed by atoms with Crippen LogP contribution >= 0.6 is 45.7 Å². The number of aromatic amines is 1. The van der Waals surface area contributed by atoms with Gasteiger partial charge in [-0.05, 0) is 12.8 Å². The second-order valence-electron chi connectivity index (χ2n) is 6.65. The van der Waals surface area contributed by atoms with Gasteiger partial charge in [-0.15, -0.1) is 0 Å². The third-order valence-corrected chi connectivity index (χ3v) is 7.43. The van der Waals surface area contributed by atoms with Crippen molar-refractivity contribution in [3.05, 3.63) is 9.63 Å². The summed E-state index contributed by atoms with van der Waals surface area (Å²) in [7, 11) is 2.02. The maximum absolute atomic E-state index is 4.53. The molecule has 1 aromatic rings. The SMILES string of the molecule is Cn1[nH]c(C2CCCCC2)n[c]1=[Pt].IN(I)C1CCCCCC1. The molecule has 0 aliphatic heterocycles. The van der Waals surface area contributed by atoms with Crippen LogP contribution in [-0.4, -0.2) is 22.1 Å². The molecule has 0 saturated heterocycles. The minimum atomic E-state index is 0.684. The molecule has 1 heterocycles. The van der Waals surface area contributed by atoms with E-state index >= 15 is 0 Å². The first-order valence-electron chi connectivity index (χ1n) is 8.77. The Bertz CT molecular complexity index is 500. The number of aromatic nitrogens is 3. The van der Waals surface area contributed by atoms with Crippen LogP contribution in [0.2, 0.25) is 0 Å². The summed E-state index contributed by atoms with van der Waals surface area (Å²) >= 11 is 7.04. The van der Waals surface area contributed by atoms with E-state index in [2.05, 4.69) is 76.5 Å². The molecule has 2 aliphatic rings. The van der Waals surface area contributed by atoms with E-state index in [9.17, 15) is 0 Å². The van der Waals surface area contributed by atoms with Crippen molar-refractivity contribution in [3.8, 4) is 0 Å². The molecule has 2 saturated carbocycles. The predicted molar refractivity (Wildman–Crippen MR) is 108 cm³/mol. The molecule has 2 aliphatic carbocycles. The Hall–Kier alpha value is 1.25. The molecule has 7 heteroatoms. The molecule has 136 valence electrons. The Morgan fingerprint density at radius 1 is 1.00 bits per heavy atom. The second-order valence-corrected chi connectivity index (χ2v) is 11.6. The molecule has 0 unspecified atom stereocenters. The van der Waals surface area contributed by atoms with Crippen LogP contribution < -0.4 is 0 Å². The number of hydrogen-bond donors (Lipinski definition) is 1. The first kappa shape index (κ1) is 20.6. The zero-order valence-electron chi connectivity index (χ0n) is 13.8. The number of hydrogen-bond acceptors (Lipinski definition) is 2. The Labute approximate surface area is 179 Å². The fourth-order valence-corrected chi connectivity index (χ4v) is 4.93. The van der Waals surface area contributed by atoms with Gasteiger partial charge in [0, 0.05) is 51.8 Å². The van der Waals surface area contributed by atoms with Crippen LogP contribution in [-0.2, 0) is 26.4 Å². The maximum Gasteiger partial charge on any atom is 0.0311 e. The quantitative estimate of drug-likeness (QED) is 0.246. The van der Waals surface area contributed by atoms with Crippen molar-refractivity contribution in [2.75, 3.05) is 0 Å². The van der Waals surface area contributed by atoms with Gasteiger partial charge in [0.1, 0.15) is 0 Å². The zero-order chi connectivity index (χ0) is 16.7. The van der Waals surface area contributed by atoms with E-state index in [1.807, 2.05) is 11.7 Å². The monoisotopic (exact) mass is 725 g/mol. The van der Waals surface area contributed by atoms with Crippen LogP contribution in [0.25, 0.3) is 0 Å². The van der Waals surface area contributed by atoms with E-state index < -0.39 is 0 Å². The number of H-pyrrole nitrogens is 1. The van der Waals surface area contributed by atoms with E-state index in [1.165, 1.54) is 76.5 Å². The van der Waals surface area contributed by atoms with Crippen LogP contribution in [0.1, 0.15) is 82.4 Å². The Balaban J connectivity index is 0.000000174. The van der Waals surface area contributed by atoms with E-state index in [4.69, 9.17) is 0 Å². The number of aryl methyl sites for hydroxylation is 1. The summed E-state index contributed by atoms with van der Waals surface area (Å²) in [5, 5.41) is 3.31. The van der Waals surface area contributed by atoms with Crippen molar-refractivity contribution in [2.24, 2.45) is 7.05 Å². The molecule has 2 fully saturated rings. The number of rotatable bonds is 2. The summed E-state index contributed by atoms with van der Waals surface area (Å²) in [6, 6.07) is 0.851. The van der Waals surface area contributed by atoms with E-state index in [0.29, 0.717) is 5.92 Å². The molecular formula is C16H28I2N4Pt. The Morgan fingerprint density at radius 3 is 2.00 bits per heavy atom. The van der Waals surface area contributed by atoms with Gasteiger partial charge in [-0.2, -0.15) is 1.33 Å². The van der Waals surface area contributed by atoms with E-state index in [-0.39, 0.29) is 0 Å². The molecule has 1 N–H and O–H groups in total. The normalized spacial score (nSPS) is 21.0. The zero-order valence-corrected chi connectivity index (χ0v) is 20.4. The maximum atomic E-state index is 4.53. The van der Waals surface area contributed by atoms with Crippen LogP contribution in [0.4, 0.5) is 0 Å². The largest absolute Gasteiger partial charge is 0.185 e. The first-order chi connectivity index (χ1) is 11.1. The summed E-state index contributed by atoms with van der Waals surface area (Å²) in [5.41, 5.74) is 0. The Morgan fingerprint density at radius 2 is 1.52 bits per heavy atom. The van der Waals surface area contributed by atoms with Gasteiger partial charge in [0.05, 0.1) is 0 Å². The van der Waals surface area contributed by atoms with E-state index in [0.717, 1.165) is 9.85 Å². The fourth-order valence-electron chi connectivity index (χ4n) is 3.42. The summed E-state index contributed by atoms with van der Waals surface area (Å²) < 4.78 is 5.37. The molecule has 0 radical (unpaired) electrons. The van der Waals surface area contributed by atoms with Crippen molar-refractivity contribution in [1.29, 1.82) is 0 Å². The van der Waals surface area contributed by atoms with Crippen molar-refractivity contribution < 1.29 is 19.4 Å². The van der Waals surface area contributed by atoms with Crippen molar-refractivity contribution >= 4 is 45.7 Å². The van der Waals surface area contributed by atoms with Gasteiger partial charge >= 0.3 is 88.8 Å². The summed E-state index contributed by atoms with van der Waals surface area (Å²) in [4.78, 5) is 4.53. The smallest absolute Gasteiger partial charge is 0.0311 e.